The number of carbonyl (C=O) groups is 7. The van der Waals surface area contributed by atoms with Gasteiger partial charge in [-0.15, -0.1) is 5.10 Å². The summed E-state index contributed by atoms with van der Waals surface area (Å²) >= 11 is 0. The number of aromatic amines is 1. The Morgan fingerprint density at radius 2 is 1.50 bits per heavy atom. The van der Waals surface area contributed by atoms with Gasteiger partial charge in [0.2, 0.25) is 17.6 Å². The highest BCUT2D eigenvalue weighted by Gasteiger charge is 2.53. The van der Waals surface area contributed by atoms with Crippen LogP contribution in [0.1, 0.15) is 176 Å². The number of esters is 2. The van der Waals surface area contributed by atoms with E-state index >= 15 is 4.79 Å². The van der Waals surface area contributed by atoms with Gasteiger partial charge in [0.1, 0.15) is 67.4 Å². The number of oxime groups is 1. The molecule has 4 aliphatic rings. The smallest absolute Gasteiger partial charge is 0.329 e. The lowest BCUT2D eigenvalue weighted by atomic mass is 9.77. The fourth-order valence-corrected chi connectivity index (χ4v) is 16.6. The third kappa shape index (κ3) is 29.7. The van der Waals surface area contributed by atoms with Crippen LogP contribution in [0.2, 0.25) is 0 Å². The summed E-state index contributed by atoms with van der Waals surface area (Å²) in [4.78, 5) is 115. The highest BCUT2D eigenvalue weighted by Crippen LogP contribution is 2.41. The summed E-state index contributed by atoms with van der Waals surface area (Å²) in [6.45, 7) is 17.3. The Labute approximate surface area is 731 Å². The number of carbonyl (C=O) groups excluding carboxylic acids is 7. The molecule has 15 atom stereocenters. The lowest BCUT2D eigenvalue weighted by molar-refractivity contribution is -0.265. The molecule has 8 N–H and O–H groups in total. The summed E-state index contributed by atoms with van der Waals surface area (Å²) < 4.78 is 67.7. The number of fused-ring (bicyclic) bond motifs is 5. The van der Waals surface area contributed by atoms with Crippen LogP contribution in [0.4, 0.5) is 5.82 Å². The Morgan fingerprint density at radius 1 is 0.776 bits per heavy atom. The first-order valence-corrected chi connectivity index (χ1v) is 44.1. The second-order valence-electron chi connectivity index (χ2n) is 33.3. The lowest BCUT2D eigenvalue weighted by Crippen LogP contribution is -2.61. The third-order valence-electron chi connectivity index (χ3n) is 23.8. The maximum atomic E-state index is 15.0. The van der Waals surface area contributed by atoms with E-state index in [1.165, 1.54) is 25.4 Å². The Hall–Kier alpha value is -9.27. The first-order chi connectivity index (χ1) is 60.2. The highest BCUT2D eigenvalue weighted by molar-refractivity contribution is 6.39. The summed E-state index contributed by atoms with van der Waals surface area (Å²) in [6.07, 6.45) is 17.7. The number of piperidine rings is 1. The van der Waals surface area contributed by atoms with Crippen molar-refractivity contribution in [2.45, 2.75) is 232 Å². The number of H-pyrrole nitrogens is 1. The Morgan fingerprint density at radius 3 is 2.22 bits per heavy atom. The number of cyclic esters (lactones) is 1. The summed E-state index contributed by atoms with van der Waals surface area (Å²) in [5.41, 5.74) is 11.3. The minimum absolute atomic E-state index is 0.00605. The van der Waals surface area contributed by atoms with Gasteiger partial charge in [-0.25, -0.2) is 24.1 Å². The van der Waals surface area contributed by atoms with Crippen LogP contribution in [0.5, 0.6) is 5.75 Å². The number of phenolic OH excluding ortho intramolecular Hbond substituents is 1. The van der Waals surface area contributed by atoms with Gasteiger partial charge in [-0.2, -0.15) is 5.10 Å². The number of rotatable bonds is 38. The number of nitrogen functional groups attached to an aromatic ring is 1. The molecule has 0 radical (unpaired) electrons. The number of nitrogens with two attached hydrogens (primary N) is 1. The number of ketones is 2. The van der Waals surface area contributed by atoms with E-state index in [1.807, 2.05) is 71.1 Å². The number of unbranched alkanes of at least 4 members (excludes halogenated alkanes) is 1. The van der Waals surface area contributed by atoms with Crippen LogP contribution in [0.25, 0.3) is 33.3 Å². The zero-order valence-corrected chi connectivity index (χ0v) is 74.5. The number of aromatic hydroxyl groups is 1. The Balaban J connectivity index is 0.645. The van der Waals surface area contributed by atoms with Gasteiger partial charge in [0.15, 0.2) is 11.4 Å². The number of aromatic nitrogens is 8. The molecule has 1 saturated carbocycles. The molecule has 3 fully saturated rings. The normalized spacial score (nSPS) is 26.9. The molecule has 0 unspecified atom stereocenters. The summed E-state index contributed by atoms with van der Waals surface area (Å²) in [5, 5.41) is 59.2. The molecule has 1 aliphatic carbocycles. The standard InChI is InChI=1S/C90H133N13O22/c1-57-20-13-12-14-21-58(2)74(114-8)52-68-27-24-63(7)90(113,125-68)85(110)88(111)101-34-17-15-22-73(101)89(112)124-75(53-70(99-117-11)59(3)47-62(6)83(109)84(116-10)82(108)61(5)46-57)60(4)48-64-25-29-72(76(49-64)115-9)103-54-66(97-100-103)55-123-79(107)23-19-36-118-40-44-122-45-42-120-38-31-78(106)93-33-39-121-43-41-119-37-30-77(105)92-32-16-18-35-102-87-80(86(91)94-56-95-87)81(98-102)71-51-65-50-67(104)26-28-69(65)96-71/h12-14,20-21,26,28,47,50-51,54,56-57,59-61,63-64,68,72-76,83-84,96,104,109,113H,15-19,22-25,27,29-46,48-49,52-53,55H2,1-11H3,(H,92,105)(H,93,106)(H2,91,94,95)/b14-12+,20-13+,58-21+,62-47+,99-70-/t57-,59-,60-,61-,63-,64+,68+,72+,73+,74+,75+,76-,83-,84+,90-/m1/s1. The van der Waals surface area contributed by atoms with Crippen LogP contribution in [-0.4, -0.2) is 269 Å². The van der Waals surface area contributed by atoms with Crippen molar-refractivity contribution >= 4 is 74.7 Å². The van der Waals surface area contributed by atoms with Gasteiger partial charge in [-0.3, -0.25) is 28.8 Å². The number of nitrogens with zero attached hydrogens (tertiary/aromatic N) is 9. The van der Waals surface area contributed by atoms with Crippen LogP contribution >= 0.6 is 0 Å². The molecule has 690 valence electrons. The summed E-state index contributed by atoms with van der Waals surface area (Å²) in [6, 6.07) is 5.60. The molecule has 125 heavy (non-hydrogen) atoms. The van der Waals surface area contributed by atoms with E-state index in [0.717, 1.165) is 35.0 Å². The van der Waals surface area contributed by atoms with E-state index in [9.17, 15) is 44.1 Å². The molecular formula is C90H133N13O22. The SMILES string of the molecule is CO/N=C1/C[C@@H]([C@H](C)C[C@@H]2CC[C@H](n3cc(COC(=O)CCCOCCOCCOCCC(=O)NCCOCCOCCC(=O)NCCCCn4nc(-c5cc6cc(O)ccc6[nH]5)c5c(N)ncnc54)nn3)[C@H](OC)C2)OC(=O)[C@@H]2CCCCN2C(=O)C(=O)[C@]2(O)O[C@@H](CC[C@H]2C)C[C@H](OC)/C(C)=C/C=C/C=C/[C@@H](C)C[C@@H](C)C(=O)[C@H](OC)[C@H](O)/C(C)=C/[C@H]1C. The van der Waals surface area contributed by atoms with E-state index in [0.29, 0.717) is 183 Å². The van der Waals surface area contributed by atoms with Crippen LogP contribution in [-0.2, 0) is 104 Å². The molecular weight excluding hydrogens is 1620 g/mol. The predicted octanol–water partition coefficient (Wildman–Crippen LogP) is 9.06. The van der Waals surface area contributed by atoms with Crippen LogP contribution in [0.15, 0.2) is 89.5 Å². The Kier molecular flexibility index (Phi) is 40.5. The lowest BCUT2D eigenvalue weighted by Gasteiger charge is -2.42. The molecule has 1 aromatic carbocycles. The van der Waals surface area contributed by atoms with E-state index in [1.54, 1.807) is 67.9 Å². The fourth-order valence-electron chi connectivity index (χ4n) is 16.6. The first kappa shape index (κ1) is 99.5. The average Bonchev–Trinajstić information content (AvgIpc) is 1.63. The van der Waals surface area contributed by atoms with Crippen molar-refractivity contribution < 1.29 is 106 Å². The number of ether oxygens (including phenoxy) is 11. The van der Waals surface area contributed by atoms with E-state index < -0.39 is 83.7 Å². The Bertz CT molecular complexity index is 4450. The average molecular weight is 1750 g/mol. The number of nitrogens with one attached hydrogen (secondary N) is 3. The van der Waals surface area contributed by atoms with Gasteiger partial charge >= 0.3 is 11.9 Å². The largest absolute Gasteiger partial charge is 0.508 e. The molecule has 9 rings (SSSR count). The summed E-state index contributed by atoms with van der Waals surface area (Å²) in [5.74, 6) is -7.88. The van der Waals surface area contributed by atoms with Crippen molar-refractivity contribution in [1.82, 2.24) is 55.3 Å². The van der Waals surface area contributed by atoms with E-state index in [4.69, 9.17) is 67.8 Å². The molecule has 35 nitrogen and oxygen atoms in total. The topological polar surface area (TPSA) is 447 Å². The maximum absolute atomic E-state index is 15.0. The van der Waals surface area contributed by atoms with Crippen molar-refractivity contribution in [2.75, 3.05) is 120 Å². The molecule has 7 heterocycles. The quantitative estimate of drug-likeness (QED) is 0.00636. The van der Waals surface area contributed by atoms with E-state index in [-0.39, 0.29) is 112 Å². The van der Waals surface area contributed by atoms with Gasteiger partial charge in [0, 0.05) is 115 Å². The monoisotopic (exact) mass is 1750 g/mol. The van der Waals surface area contributed by atoms with Crippen LogP contribution < -0.4 is 16.4 Å². The van der Waals surface area contributed by atoms with Crippen molar-refractivity contribution in [3.63, 3.8) is 0 Å². The number of aliphatic hydroxyl groups excluding tert-OH is 1. The predicted molar refractivity (Wildman–Crippen MR) is 464 cm³/mol. The van der Waals surface area contributed by atoms with Crippen molar-refractivity contribution in [3.8, 4) is 17.1 Å². The van der Waals surface area contributed by atoms with Gasteiger partial charge in [-0.05, 0) is 150 Å². The number of benzene rings is 1. The number of Topliss-reactive ketones (excluding diaryl/α,β-unsaturated/α-hetero) is 2. The molecule has 3 amide bonds. The van der Waals surface area contributed by atoms with E-state index in [2.05, 4.69) is 41.1 Å². The first-order valence-electron chi connectivity index (χ1n) is 44.1. The molecule has 3 aliphatic heterocycles. The number of aryl methyl sites for hydroxylation is 1. The molecule has 0 spiro atoms. The number of hydrogen-bond donors (Lipinski definition) is 7. The number of aliphatic hydroxyl groups is 2. The van der Waals surface area contributed by atoms with Crippen LogP contribution in [0.3, 0.4) is 0 Å². The van der Waals surface area contributed by atoms with Gasteiger partial charge in [-0.1, -0.05) is 81.4 Å². The number of phenols is 1. The van der Waals surface area contributed by atoms with Gasteiger partial charge in [0.25, 0.3) is 11.7 Å². The molecule has 2 bridgehead atoms. The van der Waals surface area contributed by atoms with Crippen molar-refractivity contribution in [1.29, 1.82) is 0 Å². The number of anilines is 1. The van der Waals surface area contributed by atoms with Crippen molar-refractivity contribution in [2.24, 2.45) is 40.7 Å². The maximum Gasteiger partial charge on any atom is 0.329 e. The van der Waals surface area contributed by atoms with Gasteiger partial charge in [0.05, 0.1) is 107 Å². The minimum Gasteiger partial charge on any atom is -0.508 e. The molecule has 35 heteroatoms. The molecule has 5 aromatic rings. The summed E-state index contributed by atoms with van der Waals surface area (Å²) in [7, 11) is 6.04. The number of methoxy groups -OCH3 is 3. The zero-order chi connectivity index (χ0) is 90.0. The second-order valence-corrected chi connectivity index (χ2v) is 33.3. The zero-order valence-electron chi connectivity index (χ0n) is 74.5. The van der Waals surface area contributed by atoms with Crippen LogP contribution in [0, 0.1) is 35.5 Å². The fraction of sp³-hybridized carbons (Fsp3) is 0.656. The minimum atomic E-state index is -2.47. The molecule has 4 aromatic heterocycles. The van der Waals surface area contributed by atoms with Gasteiger partial charge < -0.3 is 98.5 Å². The van der Waals surface area contributed by atoms with Crippen molar-refractivity contribution in [3.05, 3.63) is 90.1 Å². The third-order valence-corrected chi connectivity index (χ3v) is 23.8. The number of hydrogen-bond acceptors (Lipinski definition) is 29. The second kappa shape index (κ2) is 50.9. The highest BCUT2D eigenvalue weighted by atomic mass is 16.6. The number of allylic oxidation sites excluding steroid dienone is 6. The number of amides is 3. The molecule has 2 saturated heterocycles.